The van der Waals surface area contributed by atoms with E-state index >= 15 is 0 Å². The minimum absolute atomic E-state index is 0.106. The van der Waals surface area contributed by atoms with Crippen molar-refractivity contribution in [2.75, 3.05) is 5.73 Å². The van der Waals surface area contributed by atoms with Crippen LogP contribution in [-0.4, -0.2) is 0 Å². The van der Waals surface area contributed by atoms with E-state index in [1.807, 2.05) is 0 Å². The van der Waals surface area contributed by atoms with Gasteiger partial charge in [-0.3, -0.25) is 0 Å². The second-order valence-electron chi connectivity index (χ2n) is 1.70. The van der Waals surface area contributed by atoms with Gasteiger partial charge in [0.05, 0.1) is 10.7 Å². The summed E-state index contributed by atoms with van der Waals surface area (Å²) in [6.07, 6.45) is 0. The van der Waals surface area contributed by atoms with Gasteiger partial charge in [-0.25, -0.2) is 0 Å². The van der Waals surface area contributed by atoms with E-state index in [-0.39, 0.29) is 16.3 Å². The van der Waals surface area contributed by atoms with Crippen LogP contribution in [0.4, 0.5) is 5.69 Å². The molecule has 1 nitrogen and oxygen atoms in total. The standard InChI is InChI=1S/C7H8ClN/c1-5-3-2-4-6(8)7(5)9/h2-4H,9H2,1H3/i1D3. The number of benzene rings is 1. The smallest absolute Gasteiger partial charge is 0.0638 e. The molecular weight excluding hydrogens is 134 g/mol. The maximum Gasteiger partial charge on any atom is 0.0638 e. The molecule has 0 heterocycles. The summed E-state index contributed by atoms with van der Waals surface area (Å²) in [5.74, 6) is 0. The predicted octanol–water partition coefficient (Wildman–Crippen LogP) is 2.23. The molecule has 0 radical (unpaired) electrons. The zero-order valence-corrected chi connectivity index (χ0v) is 5.44. The Hall–Kier alpha value is -0.690. The van der Waals surface area contributed by atoms with Gasteiger partial charge in [0.2, 0.25) is 0 Å². The number of halogens is 1. The zero-order valence-electron chi connectivity index (χ0n) is 7.69. The molecule has 0 aromatic heterocycles. The highest BCUT2D eigenvalue weighted by atomic mass is 35.5. The van der Waals surface area contributed by atoms with Crippen LogP contribution in [0.5, 0.6) is 0 Å². The van der Waals surface area contributed by atoms with E-state index < -0.39 is 6.85 Å². The lowest BCUT2D eigenvalue weighted by Gasteiger charge is -1.98. The van der Waals surface area contributed by atoms with Gasteiger partial charge >= 0.3 is 0 Å². The van der Waals surface area contributed by atoms with Gasteiger partial charge in [-0.05, 0) is 18.5 Å². The molecule has 0 fully saturated rings. The van der Waals surface area contributed by atoms with Crippen molar-refractivity contribution in [1.82, 2.24) is 0 Å². The summed E-state index contributed by atoms with van der Waals surface area (Å²) in [4.78, 5) is 0. The molecular formula is C7H8ClN. The van der Waals surface area contributed by atoms with Crippen molar-refractivity contribution in [2.24, 2.45) is 0 Å². The zero-order chi connectivity index (χ0) is 9.35. The lowest BCUT2D eigenvalue weighted by Crippen LogP contribution is -1.88. The van der Waals surface area contributed by atoms with Crippen LogP contribution < -0.4 is 5.73 Å². The van der Waals surface area contributed by atoms with Crippen LogP contribution in [0.3, 0.4) is 0 Å². The third-order valence-corrected chi connectivity index (χ3v) is 1.38. The first-order chi connectivity index (χ1) is 5.43. The summed E-state index contributed by atoms with van der Waals surface area (Å²) >= 11 is 5.64. The number of anilines is 1. The predicted molar refractivity (Wildman–Crippen MR) is 40.6 cm³/mol. The van der Waals surface area contributed by atoms with Crippen LogP contribution in [0, 0.1) is 6.85 Å². The molecule has 2 heteroatoms. The molecule has 0 saturated carbocycles. The Kier molecular flexibility index (Phi) is 0.878. The Morgan fingerprint density at radius 2 is 2.44 bits per heavy atom. The Bertz CT molecular complexity index is 295. The monoisotopic (exact) mass is 144 g/mol. The number of rotatable bonds is 0. The van der Waals surface area contributed by atoms with Crippen LogP contribution in [0.25, 0.3) is 0 Å². The summed E-state index contributed by atoms with van der Waals surface area (Å²) in [7, 11) is 0. The molecule has 48 valence electrons. The van der Waals surface area contributed by atoms with E-state index in [1.165, 1.54) is 6.07 Å². The summed E-state index contributed by atoms with van der Waals surface area (Å²) in [6, 6.07) is 4.58. The van der Waals surface area contributed by atoms with E-state index in [9.17, 15) is 0 Å². The molecule has 0 saturated heterocycles. The average Bonchev–Trinajstić information content (AvgIpc) is 1.92. The molecule has 2 N–H and O–H groups in total. The van der Waals surface area contributed by atoms with Crippen molar-refractivity contribution in [1.29, 1.82) is 0 Å². The molecule has 9 heavy (non-hydrogen) atoms. The third-order valence-electron chi connectivity index (χ3n) is 1.05. The van der Waals surface area contributed by atoms with Gasteiger partial charge in [0, 0.05) is 4.11 Å². The van der Waals surface area contributed by atoms with Crippen LogP contribution in [0.15, 0.2) is 18.2 Å². The maximum atomic E-state index is 7.11. The molecule has 0 atom stereocenters. The fourth-order valence-corrected chi connectivity index (χ4v) is 0.712. The van der Waals surface area contributed by atoms with Crippen molar-refractivity contribution < 1.29 is 4.11 Å². The Morgan fingerprint density at radius 1 is 1.67 bits per heavy atom. The first kappa shape index (κ1) is 3.47. The van der Waals surface area contributed by atoms with Crippen molar-refractivity contribution in [3.8, 4) is 0 Å². The molecule has 0 aliphatic carbocycles. The van der Waals surface area contributed by atoms with E-state index in [2.05, 4.69) is 0 Å². The lowest BCUT2D eigenvalue weighted by atomic mass is 10.2. The van der Waals surface area contributed by atoms with Crippen molar-refractivity contribution in [3.63, 3.8) is 0 Å². The molecule has 0 spiro atoms. The highest BCUT2D eigenvalue weighted by molar-refractivity contribution is 6.33. The van der Waals surface area contributed by atoms with Gasteiger partial charge in [0.25, 0.3) is 0 Å². The Balaban J connectivity index is 3.26. The summed E-state index contributed by atoms with van der Waals surface area (Å²) in [5.41, 5.74) is 5.72. The van der Waals surface area contributed by atoms with Gasteiger partial charge in [-0.1, -0.05) is 23.7 Å². The van der Waals surface area contributed by atoms with Gasteiger partial charge in [-0.2, -0.15) is 0 Å². The number of hydrogen-bond donors (Lipinski definition) is 1. The number of nitrogen functional groups attached to an aromatic ring is 1. The average molecular weight is 145 g/mol. The second kappa shape index (κ2) is 2.28. The van der Waals surface area contributed by atoms with E-state index in [4.69, 9.17) is 21.4 Å². The van der Waals surface area contributed by atoms with Crippen LogP contribution in [0.2, 0.25) is 5.02 Å². The molecule has 1 aromatic carbocycles. The van der Waals surface area contributed by atoms with Gasteiger partial charge in [0.15, 0.2) is 0 Å². The highest BCUT2D eigenvalue weighted by Crippen LogP contribution is 2.20. The molecule has 0 aliphatic heterocycles. The first-order valence-electron chi connectivity index (χ1n) is 3.97. The highest BCUT2D eigenvalue weighted by Gasteiger charge is 1.94. The molecule has 0 amide bonds. The SMILES string of the molecule is [2H]C([2H])([2H])c1cccc(Cl)c1N. The second-order valence-corrected chi connectivity index (χ2v) is 2.11. The number of aryl methyl sites for hydroxylation is 1. The van der Waals surface area contributed by atoms with Gasteiger partial charge in [-0.15, -0.1) is 0 Å². The third kappa shape index (κ3) is 1.16. The van der Waals surface area contributed by atoms with Crippen molar-refractivity contribution in [3.05, 3.63) is 28.8 Å². The maximum absolute atomic E-state index is 7.11. The normalized spacial score (nSPS) is 15.9. The van der Waals surface area contributed by atoms with Gasteiger partial charge < -0.3 is 5.73 Å². The molecule has 0 aliphatic rings. The number of para-hydroxylation sites is 1. The summed E-state index contributed by atoms with van der Waals surface area (Å²) in [6.45, 7) is -2.19. The lowest BCUT2D eigenvalue weighted by molar-refractivity contribution is 1.47. The molecule has 0 unspecified atom stereocenters. The summed E-state index contributed by atoms with van der Waals surface area (Å²) in [5, 5.41) is 0.281. The van der Waals surface area contributed by atoms with Crippen LogP contribution in [0.1, 0.15) is 9.68 Å². The minimum atomic E-state index is -2.19. The van der Waals surface area contributed by atoms with Crippen LogP contribution >= 0.6 is 11.6 Å². The molecule has 0 bridgehead atoms. The fraction of sp³-hybridized carbons (Fsp3) is 0.143. The molecule has 1 rings (SSSR count). The van der Waals surface area contributed by atoms with Crippen molar-refractivity contribution in [2.45, 2.75) is 6.85 Å². The quantitative estimate of drug-likeness (QED) is 0.556. The Morgan fingerprint density at radius 3 is 3.00 bits per heavy atom. The Labute approximate surface area is 63.7 Å². The fourth-order valence-electron chi connectivity index (χ4n) is 0.537. The van der Waals surface area contributed by atoms with Gasteiger partial charge in [0.1, 0.15) is 0 Å². The van der Waals surface area contributed by atoms with Crippen molar-refractivity contribution >= 4 is 17.3 Å². The van der Waals surface area contributed by atoms with Crippen LogP contribution in [-0.2, 0) is 0 Å². The number of nitrogens with two attached hydrogens (primary N) is 1. The van der Waals surface area contributed by atoms with E-state index in [1.54, 1.807) is 12.1 Å². The summed E-state index contributed by atoms with van der Waals surface area (Å²) < 4.78 is 21.3. The molecule has 1 aromatic rings. The van der Waals surface area contributed by atoms with E-state index in [0.717, 1.165) is 0 Å². The topological polar surface area (TPSA) is 26.0 Å². The van der Waals surface area contributed by atoms with E-state index in [0.29, 0.717) is 0 Å². The largest absolute Gasteiger partial charge is 0.397 e. The number of hydrogen-bond acceptors (Lipinski definition) is 1. The minimum Gasteiger partial charge on any atom is -0.397 e. The first-order valence-corrected chi connectivity index (χ1v) is 2.85.